The van der Waals surface area contributed by atoms with Gasteiger partial charge in [-0.3, -0.25) is 14.5 Å². The Morgan fingerprint density at radius 2 is 2.17 bits per heavy atom. The number of carbonyl (C=O) groups excluding carboxylic acids is 2. The van der Waals surface area contributed by atoms with Gasteiger partial charge in [-0.25, -0.2) is 0 Å². The molecule has 3 rings (SSSR count). The molecule has 1 aliphatic heterocycles. The number of carbonyl (C=O) groups is 2. The quantitative estimate of drug-likeness (QED) is 0.848. The van der Waals surface area contributed by atoms with Crippen molar-refractivity contribution in [1.82, 2.24) is 4.90 Å². The van der Waals surface area contributed by atoms with Gasteiger partial charge in [-0.05, 0) is 55.4 Å². The van der Waals surface area contributed by atoms with Crippen LogP contribution in [0.5, 0.6) is 0 Å². The number of nitrogens with one attached hydrogen (secondary N) is 1. The molecule has 24 heavy (non-hydrogen) atoms. The van der Waals surface area contributed by atoms with E-state index in [-0.39, 0.29) is 24.5 Å². The number of ether oxygens (including phenoxy) is 1. The van der Waals surface area contributed by atoms with Crippen LogP contribution in [0.1, 0.15) is 24.8 Å². The van der Waals surface area contributed by atoms with E-state index in [0.29, 0.717) is 16.9 Å². The van der Waals surface area contributed by atoms with E-state index in [1.165, 1.54) is 7.11 Å². The maximum atomic E-state index is 12.4. The summed E-state index contributed by atoms with van der Waals surface area (Å²) < 4.78 is 4.98. The van der Waals surface area contributed by atoms with Crippen LogP contribution in [0.4, 0.5) is 5.69 Å². The number of amides is 1. The number of fused-ring (bicyclic) bond motifs is 1. The fraction of sp³-hybridized carbons (Fsp3) is 0.556. The molecule has 6 heteroatoms. The number of methoxy groups -OCH3 is 1. The van der Waals surface area contributed by atoms with Crippen LogP contribution in [-0.4, -0.2) is 43.0 Å². The van der Waals surface area contributed by atoms with Crippen molar-refractivity contribution >= 4 is 29.2 Å². The number of rotatable bonds is 4. The predicted molar refractivity (Wildman–Crippen MR) is 93.0 cm³/mol. The number of benzene rings is 1. The first-order chi connectivity index (χ1) is 11.5. The Hall–Kier alpha value is -1.59. The lowest BCUT2D eigenvalue weighted by Gasteiger charge is -2.25. The molecule has 3 atom stereocenters. The molecular weight excluding hydrogens is 328 g/mol. The lowest BCUT2D eigenvalue weighted by atomic mass is 9.94. The Labute approximate surface area is 147 Å². The van der Waals surface area contributed by atoms with E-state index in [1.54, 1.807) is 12.1 Å². The fourth-order valence-electron chi connectivity index (χ4n) is 4.14. The van der Waals surface area contributed by atoms with E-state index in [9.17, 15) is 9.59 Å². The lowest BCUT2D eigenvalue weighted by molar-refractivity contribution is -0.147. The summed E-state index contributed by atoms with van der Waals surface area (Å²) in [6.07, 6.45) is 3.33. The number of nitrogens with zero attached hydrogens (tertiary/aromatic N) is 1. The molecule has 1 aliphatic carbocycles. The lowest BCUT2D eigenvalue weighted by Crippen LogP contribution is -2.44. The maximum absolute atomic E-state index is 12.4. The van der Waals surface area contributed by atoms with E-state index >= 15 is 0 Å². The summed E-state index contributed by atoms with van der Waals surface area (Å²) in [4.78, 5) is 26.6. The van der Waals surface area contributed by atoms with Crippen molar-refractivity contribution in [3.05, 3.63) is 28.8 Å². The van der Waals surface area contributed by atoms with Crippen LogP contribution < -0.4 is 5.32 Å². The minimum absolute atomic E-state index is 0.116. The van der Waals surface area contributed by atoms with Gasteiger partial charge in [0.05, 0.1) is 13.7 Å². The van der Waals surface area contributed by atoms with Crippen LogP contribution in [0.25, 0.3) is 0 Å². The van der Waals surface area contributed by atoms with Crippen LogP contribution in [0, 0.1) is 18.8 Å². The number of aryl methyl sites for hydroxylation is 1. The number of esters is 1. The van der Waals surface area contributed by atoms with Crippen LogP contribution in [0.2, 0.25) is 5.02 Å². The Kier molecular flexibility index (Phi) is 5.11. The van der Waals surface area contributed by atoms with Gasteiger partial charge < -0.3 is 10.1 Å². The highest BCUT2D eigenvalue weighted by Gasteiger charge is 2.48. The summed E-state index contributed by atoms with van der Waals surface area (Å²) in [5.74, 6) is 0.482. The topological polar surface area (TPSA) is 58.6 Å². The molecule has 0 bridgehead atoms. The van der Waals surface area contributed by atoms with Gasteiger partial charge in [0.25, 0.3) is 0 Å². The minimum Gasteiger partial charge on any atom is -0.468 e. The van der Waals surface area contributed by atoms with Crippen molar-refractivity contribution in [3.8, 4) is 0 Å². The maximum Gasteiger partial charge on any atom is 0.323 e. The van der Waals surface area contributed by atoms with Gasteiger partial charge in [0.2, 0.25) is 5.91 Å². The molecule has 1 aromatic rings. The zero-order chi connectivity index (χ0) is 17.3. The van der Waals surface area contributed by atoms with Gasteiger partial charge in [-0.15, -0.1) is 0 Å². The van der Waals surface area contributed by atoms with Gasteiger partial charge in [0, 0.05) is 17.3 Å². The molecule has 5 nitrogen and oxygen atoms in total. The monoisotopic (exact) mass is 350 g/mol. The molecular formula is C18H23ClN2O3. The van der Waals surface area contributed by atoms with Crippen molar-refractivity contribution < 1.29 is 14.3 Å². The third-order valence-electron chi connectivity index (χ3n) is 5.24. The molecule has 2 fully saturated rings. The first kappa shape index (κ1) is 17.2. The smallest absolute Gasteiger partial charge is 0.323 e. The summed E-state index contributed by atoms with van der Waals surface area (Å²) in [5, 5.41) is 3.56. The minimum atomic E-state index is -0.292. The molecule has 1 N–H and O–H groups in total. The fourth-order valence-corrected chi connectivity index (χ4v) is 4.37. The average Bonchev–Trinajstić information content (AvgIpc) is 3.10. The zero-order valence-electron chi connectivity index (χ0n) is 14.0. The number of likely N-dealkylation sites (tertiary alicyclic amines) is 1. The van der Waals surface area contributed by atoms with Crippen molar-refractivity contribution in [2.24, 2.45) is 11.8 Å². The van der Waals surface area contributed by atoms with Gasteiger partial charge in [0.15, 0.2) is 0 Å². The number of halogens is 1. The number of hydrogen-bond acceptors (Lipinski definition) is 4. The summed E-state index contributed by atoms with van der Waals surface area (Å²) in [7, 11) is 1.42. The molecule has 1 heterocycles. The molecule has 0 unspecified atom stereocenters. The Morgan fingerprint density at radius 3 is 2.88 bits per heavy atom. The molecule has 0 radical (unpaired) electrons. The van der Waals surface area contributed by atoms with Gasteiger partial charge in [-0.2, -0.15) is 0 Å². The van der Waals surface area contributed by atoms with Gasteiger partial charge >= 0.3 is 5.97 Å². The summed E-state index contributed by atoms with van der Waals surface area (Å²) in [5.41, 5.74) is 1.66. The van der Waals surface area contributed by atoms with E-state index in [0.717, 1.165) is 37.1 Å². The van der Waals surface area contributed by atoms with Crippen molar-refractivity contribution in [2.45, 2.75) is 32.2 Å². The highest BCUT2D eigenvalue weighted by molar-refractivity contribution is 6.30. The Balaban J connectivity index is 1.67. The SMILES string of the molecule is COC(=O)[C@@H]1[C@H]2CCC[C@@H]2CN1CC(=O)Nc1ccc(Cl)cc1C. The van der Waals surface area contributed by atoms with E-state index in [4.69, 9.17) is 16.3 Å². The van der Waals surface area contributed by atoms with Crippen molar-refractivity contribution in [2.75, 3.05) is 25.5 Å². The average molecular weight is 351 g/mol. The van der Waals surface area contributed by atoms with Gasteiger partial charge in [0.1, 0.15) is 6.04 Å². The van der Waals surface area contributed by atoms with Gasteiger partial charge in [-0.1, -0.05) is 18.0 Å². The third kappa shape index (κ3) is 3.42. The van der Waals surface area contributed by atoms with Crippen LogP contribution in [0.15, 0.2) is 18.2 Å². The molecule has 2 aliphatic rings. The first-order valence-electron chi connectivity index (χ1n) is 8.37. The van der Waals surface area contributed by atoms with Crippen LogP contribution >= 0.6 is 11.6 Å². The Bertz CT molecular complexity index is 649. The van der Waals surface area contributed by atoms with E-state index in [2.05, 4.69) is 5.32 Å². The first-order valence-corrected chi connectivity index (χ1v) is 8.75. The van der Waals surface area contributed by atoms with E-state index in [1.807, 2.05) is 17.9 Å². The molecule has 1 amide bonds. The molecule has 0 spiro atoms. The Morgan fingerprint density at radius 1 is 1.38 bits per heavy atom. The van der Waals surface area contributed by atoms with E-state index < -0.39 is 0 Å². The summed E-state index contributed by atoms with van der Waals surface area (Å²) in [6.45, 7) is 2.89. The molecule has 1 saturated carbocycles. The largest absolute Gasteiger partial charge is 0.468 e. The highest BCUT2D eigenvalue weighted by Crippen LogP contribution is 2.42. The zero-order valence-corrected chi connectivity index (χ0v) is 14.8. The standard InChI is InChI=1S/C18H23ClN2O3/c1-11-8-13(19)6-7-15(11)20-16(22)10-21-9-12-4-3-5-14(12)17(21)18(23)24-2/h6-8,12,14,17H,3-5,9-10H2,1-2H3,(H,20,22)/t12-,14+,17+/m1/s1. The summed E-state index contributed by atoms with van der Waals surface area (Å²) >= 11 is 5.94. The molecule has 130 valence electrons. The second-order valence-electron chi connectivity index (χ2n) is 6.76. The summed E-state index contributed by atoms with van der Waals surface area (Å²) in [6, 6.07) is 5.07. The van der Waals surface area contributed by atoms with Crippen LogP contribution in [0.3, 0.4) is 0 Å². The molecule has 1 aromatic carbocycles. The molecule has 1 saturated heterocycles. The number of hydrogen-bond donors (Lipinski definition) is 1. The molecule has 0 aromatic heterocycles. The van der Waals surface area contributed by atoms with Crippen molar-refractivity contribution in [3.63, 3.8) is 0 Å². The van der Waals surface area contributed by atoms with Crippen LogP contribution in [-0.2, 0) is 14.3 Å². The normalized spacial score (nSPS) is 26.2. The highest BCUT2D eigenvalue weighted by atomic mass is 35.5. The third-order valence-corrected chi connectivity index (χ3v) is 5.47. The van der Waals surface area contributed by atoms with Crippen molar-refractivity contribution in [1.29, 1.82) is 0 Å². The predicted octanol–water partition coefficient (Wildman–Crippen LogP) is 2.86. The number of anilines is 1. The second kappa shape index (κ2) is 7.11. The second-order valence-corrected chi connectivity index (χ2v) is 7.20.